The van der Waals surface area contributed by atoms with E-state index in [-0.39, 0.29) is 29.7 Å². The van der Waals surface area contributed by atoms with Crippen LogP contribution < -0.4 is 5.32 Å². The van der Waals surface area contributed by atoms with E-state index in [9.17, 15) is 18.0 Å². The first-order valence-corrected chi connectivity index (χ1v) is 17.9. The number of hydrogen-bond acceptors (Lipinski definition) is 6. The van der Waals surface area contributed by atoms with Crippen molar-refractivity contribution in [2.45, 2.75) is 49.6 Å². The topological polar surface area (TPSA) is 99.3 Å². The monoisotopic (exact) mass is 666 g/mol. The number of halogens is 1. The van der Waals surface area contributed by atoms with Gasteiger partial charge in [-0.1, -0.05) is 66.2 Å². The highest BCUT2D eigenvalue weighted by atomic mass is 35.5. The molecule has 2 heterocycles. The van der Waals surface area contributed by atoms with Gasteiger partial charge in [-0.3, -0.25) is 14.5 Å². The summed E-state index contributed by atoms with van der Waals surface area (Å²) in [6.07, 6.45) is 2.70. The maximum atomic E-state index is 14.0. The molecular formula is C35H43ClN4O5S. The lowest BCUT2D eigenvalue weighted by molar-refractivity contribution is -0.141. The molecule has 2 fully saturated rings. The van der Waals surface area contributed by atoms with Crippen molar-refractivity contribution in [2.24, 2.45) is 0 Å². The molecule has 0 aromatic heterocycles. The number of nitrogens with zero attached hydrogens (tertiary/aromatic N) is 3. The molecule has 2 amide bonds. The average molecular weight is 667 g/mol. The third-order valence-corrected chi connectivity index (χ3v) is 10.8. The number of sulfonamides is 1. The van der Waals surface area contributed by atoms with Crippen LogP contribution in [0, 0.1) is 0 Å². The highest BCUT2D eigenvalue weighted by molar-refractivity contribution is 7.89. The first-order chi connectivity index (χ1) is 22.3. The van der Waals surface area contributed by atoms with E-state index in [1.807, 2.05) is 42.5 Å². The van der Waals surface area contributed by atoms with Crippen molar-refractivity contribution in [3.63, 3.8) is 0 Å². The van der Waals surface area contributed by atoms with Crippen molar-refractivity contribution >= 4 is 33.4 Å². The molecule has 246 valence electrons. The number of hydrogen-bond donors (Lipinski definition) is 1. The van der Waals surface area contributed by atoms with Gasteiger partial charge in [0, 0.05) is 63.7 Å². The van der Waals surface area contributed by atoms with Gasteiger partial charge < -0.3 is 15.0 Å². The molecule has 1 N–H and O–H groups in total. The van der Waals surface area contributed by atoms with E-state index in [0.717, 1.165) is 42.6 Å². The summed E-state index contributed by atoms with van der Waals surface area (Å²) >= 11 is 6.15. The Kier molecular flexibility index (Phi) is 12.2. The Morgan fingerprint density at radius 2 is 1.50 bits per heavy atom. The molecule has 0 unspecified atom stereocenters. The van der Waals surface area contributed by atoms with E-state index in [0.29, 0.717) is 57.3 Å². The Bertz CT molecular complexity index is 1530. The summed E-state index contributed by atoms with van der Waals surface area (Å²) < 4.78 is 32.9. The van der Waals surface area contributed by atoms with Crippen molar-refractivity contribution in [1.82, 2.24) is 19.4 Å². The average Bonchev–Trinajstić information content (AvgIpc) is 3.64. The Labute approximate surface area is 277 Å². The van der Waals surface area contributed by atoms with Gasteiger partial charge in [-0.2, -0.15) is 4.31 Å². The predicted molar refractivity (Wildman–Crippen MR) is 179 cm³/mol. The van der Waals surface area contributed by atoms with Crippen molar-refractivity contribution in [3.8, 4) is 0 Å². The van der Waals surface area contributed by atoms with Crippen molar-refractivity contribution in [1.29, 1.82) is 0 Å². The van der Waals surface area contributed by atoms with Crippen molar-refractivity contribution < 1.29 is 22.7 Å². The smallest absolute Gasteiger partial charge is 0.243 e. The van der Waals surface area contributed by atoms with Crippen LogP contribution in [0.15, 0.2) is 83.8 Å². The molecule has 2 aliphatic rings. The number of benzene rings is 3. The highest BCUT2D eigenvalue weighted by Crippen LogP contribution is 2.22. The van der Waals surface area contributed by atoms with Crippen molar-refractivity contribution in [2.75, 3.05) is 52.5 Å². The van der Waals surface area contributed by atoms with Gasteiger partial charge in [-0.15, -0.1) is 0 Å². The molecule has 3 aromatic rings. The van der Waals surface area contributed by atoms with Crippen LogP contribution in [-0.4, -0.2) is 92.9 Å². The summed E-state index contributed by atoms with van der Waals surface area (Å²) in [5.41, 5.74) is 2.68. The summed E-state index contributed by atoms with van der Waals surface area (Å²) in [7, 11) is -3.51. The third-order valence-electron chi connectivity index (χ3n) is 8.62. The number of rotatable bonds is 14. The molecule has 11 heteroatoms. The molecule has 0 saturated carbocycles. The Morgan fingerprint density at radius 1 is 0.848 bits per heavy atom. The lowest BCUT2D eigenvalue weighted by Gasteiger charge is -2.32. The van der Waals surface area contributed by atoms with E-state index in [2.05, 4.69) is 10.2 Å². The molecule has 1 atom stereocenters. The maximum Gasteiger partial charge on any atom is 0.243 e. The number of aryl methyl sites for hydroxylation is 1. The molecule has 46 heavy (non-hydrogen) atoms. The first-order valence-electron chi connectivity index (χ1n) is 16.0. The summed E-state index contributed by atoms with van der Waals surface area (Å²) in [5, 5.41) is 3.70. The second-order valence-corrected chi connectivity index (χ2v) is 14.2. The van der Waals surface area contributed by atoms with Crippen LogP contribution >= 0.6 is 11.6 Å². The molecule has 5 rings (SSSR count). The van der Waals surface area contributed by atoms with E-state index >= 15 is 0 Å². The molecular weight excluding hydrogens is 624 g/mol. The van der Waals surface area contributed by atoms with Crippen molar-refractivity contribution in [3.05, 3.63) is 101 Å². The largest absolute Gasteiger partial charge is 0.379 e. The number of carbonyl (C=O) groups excluding carboxylic acids is 2. The minimum atomic E-state index is -3.51. The Hall–Kier alpha value is -3.28. The van der Waals surface area contributed by atoms with Gasteiger partial charge in [0.1, 0.15) is 6.04 Å². The van der Waals surface area contributed by atoms with Crippen LogP contribution in [0.3, 0.4) is 0 Å². The second kappa shape index (κ2) is 16.5. The molecule has 0 aliphatic carbocycles. The van der Waals surface area contributed by atoms with E-state index < -0.39 is 16.1 Å². The van der Waals surface area contributed by atoms with Gasteiger partial charge in [0.2, 0.25) is 21.8 Å². The molecule has 0 spiro atoms. The summed E-state index contributed by atoms with van der Waals surface area (Å²) in [6, 6.07) is 23.1. The fourth-order valence-electron chi connectivity index (χ4n) is 5.92. The van der Waals surface area contributed by atoms with E-state index in [4.69, 9.17) is 16.3 Å². The van der Waals surface area contributed by atoms with Crippen LogP contribution in [-0.2, 0) is 43.7 Å². The number of ether oxygens (including phenoxy) is 1. The third kappa shape index (κ3) is 9.39. The Morgan fingerprint density at radius 3 is 2.17 bits per heavy atom. The SMILES string of the molecule is O=C(NCCN1CCOCC1)[C@H](Cc1ccccc1)N(Cc1ccc(Cl)cc1)C(=O)CCc1ccc(S(=O)(=O)N2CCCC2)cc1. The highest BCUT2D eigenvalue weighted by Gasteiger charge is 2.31. The van der Waals surface area contributed by atoms with Gasteiger partial charge in [0.15, 0.2) is 0 Å². The summed E-state index contributed by atoms with van der Waals surface area (Å²) in [6.45, 7) is 5.56. The van der Waals surface area contributed by atoms with Gasteiger partial charge in [-0.05, 0) is 60.2 Å². The normalized spacial score (nSPS) is 16.6. The molecule has 2 saturated heterocycles. The fraction of sp³-hybridized carbons (Fsp3) is 0.429. The lowest BCUT2D eigenvalue weighted by Crippen LogP contribution is -2.52. The van der Waals surface area contributed by atoms with Gasteiger partial charge in [-0.25, -0.2) is 8.42 Å². The Balaban J connectivity index is 1.32. The fourth-order valence-corrected chi connectivity index (χ4v) is 7.56. The number of nitrogens with one attached hydrogen (secondary N) is 1. The molecule has 9 nitrogen and oxygen atoms in total. The van der Waals surface area contributed by atoms with Gasteiger partial charge >= 0.3 is 0 Å². The van der Waals surface area contributed by atoms with Crippen LogP contribution in [0.1, 0.15) is 36.0 Å². The van der Waals surface area contributed by atoms with Crippen LogP contribution in [0.4, 0.5) is 0 Å². The predicted octanol–water partition coefficient (Wildman–Crippen LogP) is 4.15. The van der Waals surface area contributed by atoms with Gasteiger partial charge in [0.25, 0.3) is 0 Å². The van der Waals surface area contributed by atoms with Crippen LogP contribution in [0.5, 0.6) is 0 Å². The number of carbonyl (C=O) groups is 2. The molecule has 3 aromatic carbocycles. The zero-order valence-electron chi connectivity index (χ0n) is 26.2. The quantitative estimate of drug-likeness (QED) is 0.278. The standard InChI is InChI=1S/C35H43ClN4O5S/c36-31-13-8-30(9-14-31)27-40(34(41)17-12-28-10-15-32(16-11-28)46(43,44)39-19-4-5-20-39)33(26-29-6-2-1-3-7-29)35(42)37-18-21-38-22-24-45-25-23-38/h1-3,6-11,13-16,33H,4-5,12,17-27H2,(H,37,42)/t33-/m0/s1. The summed E-state index contributed by atoms with van der Waals surface area (Å²) in [5.74, 6) is -0.358. The zero-order chi connectivity index (χ0) is 32.4. The number of morpholine rings is 1. The molecule has 0 radical (unpaired) electrons. The molecule has 2 aliphatic heterocycles. The lowest BCUT2D eigenvalue weighted by atomic mass is 10.0. The molecule has 0 bridgehead atoms. The maximum absolute atomic E-state index is 14.0. The minimum Gasteiger partial charge on any atom is -0.379 e. The number of amides is 2. The summed E-state index contributed by atoms with van der Waals surface area (Å²) in [4.78, 5) is 32.1. The van der Waals surface area contributed by atoms with Crippen LogP contribution in [0.2, 0.25) is 5.02 Å². The van der Waals surface area contributed by atoms with E-state index in [1.54, 1.807) is 41.3 Å². The zero-order valence-corrected chi connectivity index (χ0v) is 27.7. The van der Waals surface area contributed by atoms with Crippen LogP contribution in [0.25, 0.3) is 0 Å². The van der Waals surface area contributed by atoms with E-state index in [1.165, 1.54) is 4.31 Å². The minimum absolute atomic E-state index is 0.159. The second-order valence-electron chi connectivity index (χ2n) is 11.9. The first kappa shape index (κ1) is 34.1. The van der Waals surface area contributed by atoms with Gasteiger partial charge in [0.05, 0.1) is 18.1 Å².